The number of nitrogens with zero attached hydrogens (tertiary/aromatic N) is 4. The van der Waals surface area contributed by atoms with E-state index in [1.165, 1.54) is 24.1 Å². The van der Waals surface area contributed by atoms with Gasteiger partial charge in [-0.15, -0.1) is 5.10 Å². The number of aromatic hydroxyl groups is 1. The second-order valence-electron chi connectivity index (χ2n) is 4.96. The molecule has 8 nitrogen and oxygen atoms in total. The summed E-state index contributed by atoms with van der Waals surface area (Å²) in [5.74, 6) is 0.0451. The quantitative estimate of drug-likeness (QED) is 0.544. The molecule has 0 aliphatic carbocycles. The van der Waals surface area contributed by atoms with E-state index in [0.717, 1.165) is 11.0 Å². The number of carbonyl (C=O) groups excluding carboxylic acids is 1. The van der Waals surface area contributed by atoms with Gasteiger partial charge in [0.25, 0.3) is 5.91 Å². The van der Waals surface area contributed by atoms with Crippen molar-refractivity contribution in [1.82, 2.24) is 20.4 Å². The summed E-state index contributed by atoms with van der Waals surface area (Å²) in [6.45, 7) is 0.0107. The molecule has 0 radical (unpaired) electrons. The molecule has 1 amide bonds. The maximum Gasteiger partial charge on any atom is 0.261 e. The molecule has 3 aromatic rings. The highest BCUT2D eigenvalue weighted by Crippen LogP contribution is 2.25. The Morgan fingerprint density at radius 1 is 1.38 bits per heavy atom. The van der Waals surface area contributed by atoms with Crippen molar-refractivity contribution in [1.29, 1.82) is 0 Å². The van der Waals surface area contributed by atoms with Gasteiger partial charge in [-0.2, -0.15) is 5.10 Å². The van der Waals surface area contributed by atoms with Crippen LogP contribution in [0.25, 0.3) is 11.0 Å². The molecule has 122 valence electrons. The summed E-state index contributed by atoms with van der Waals surface area (Å²) in [4.78, 5) is 11.9. The molecule has 0 aliphatic rings. The van der Waals surface area contributed by atoms with Gasteiger partial charge in [-0.05, 0) is 35.9 Å². The van der Waals surface area contributed by atoms with Gasteiger partial charge in [0.2, 0.25) is 0 Å². The number of methoxy groups -OCH3 is 1. The predicted octanol–water partition coefficient (Wildman–Crippen LogP) is 1.30. The fraction of sp³-hybridized carbons (Fsp3) is 0.125. The lowest BCUT2D eigenvalue weighted by Crippen LogP contribution is -2.23. The van der Waals surface area contributed by atoms with Crippen LogP contribution in [0.1, 0.15) is 5.56 Å². The Morgan fingerprint density at radius 2 is 2.21 bits per heavy atom. The van der Waals surface area contributed by atoms with Crippen molar-refractivity contribution >= 4 is 23.2 Å². The first-order chi connectivity index (χ1) is 11.7. The number of nitrogens with one attached hydrogen (secondary N) is 1. The molecule has 24 heavy (non-hydrogen) atoms. The molecular weight excluding hydrogens is 310 g/mol. The summed E-state index contributed by atoms with van der Waals surface area (Å²) >= 11 is 0. The van der Waals surface area contributed by atoms with Gasteiger partial charge < -0.3 is 9.84 Å². The molecule has 0 spiro atoms. The second-order valence-corrected chi connectivity index (χ2v) is 4.96. The lowest BCUT2D eigenvalue weighted by Gasteiger charge is -2.03. The number of benzene rings is 2. The van der Waals surface area contributed by atoms with Crippen LogP contribution in [0.4, 0.5) is 0 Å². The maximum absolute atomic E-state index is 11.9. The first kappa shape index (κ1) is 15.5. The van der Waals surface area contributed by atoms with E-state index in [0.29, 0.717) is 11.3 Å². The number of ether oxygens (including phenoxy) is 1. The monoisotopic (exact) mass is 325 g/mol. The smallest absolute Gasteiger partial charge is 0.261 e. The average Bonchev–Trinajstić information content (AvgIpc) is 2.99. The van der Waals surface area contributed by atoms with Crippen LogP contribution in [-0.2, 0) is 11.3 Å². The summed E-state index contributed by atoms with van der Waals surface area (Å²) in [5, 5.41) is 21.3. The maximum atomic E-state index is 11.9. The van der Waals surface area contributed by atoms with Crippen LogP contribution in [-0.4, -0.2) is 39.3 Å². The van der Waals surface area contributed by atoms with Gasteiger partial charge in [-0.25, -0.2) is 10.1 Å². The number of phenolic OH excluding ortho intramolecular Hbond substituents is 1. The Bertz CT molecular complexity index is 904. The van der Waals surface area contributed by atoms with E-state index >= 15 is 0 Å². The van der Waals surface area contributed by atoms with Crippen molar-refractivity contribution in [3.05, 3.63) is 48.0 Å². The number of para-hydroxylation sites is 1. The minimum Gasteiger partial charge on any atom is -0.504 e. The molecule has 0 aliphatic heterocycles. The van der Waals surface area contributed by atoms with E-state index in [2.05, 4.69) is 20.8 Å². The van der Waals surface area contributed by atoms with E-state index in [4.69, 9.17) is 4.74 Å². The highest BCUT2D eigenvalue weighted by molar-refractivity contribution is 5.84. The third-order valence-corrected chi connectivity index (χ3v) is 3.32. The third kappa shape index (κ3) is 3.32. The minimum atomic E-state index is -0.326. The largest absolute Gasteiger partial charge is 0.504 e. The van der Waals surface area contributed by atoms with E-state index in [1.807, 2.05) is 24.3 Å². The number of carbonyl (C=O) groups is 1. The zero-order valence-electron chi connectivity index (χ0n) is 12.9. The van der Waals surface area contributed by atoms with Gasteiger partial charge in [0.05, 0.1) is 18.8 Å². The number of hydrogen-bond acceptors (Lipinski definition) is 6. The highest BCUT2D eigenvalue weighted by Gasteiger charge is 2.07. The molecular formula is C16H15N5O3. The molecule has 1 heterocycles. The first-order valence-corrected chi connectivity index (χ1v) is 7.14. The van der Waals surface area contributed by atoms with Gasteiger partial charge in [-0.3, -0.25) is 4.79 Å². The van der Waals surface area contributed by atoms with Crippen LogP contribution in [0.2, 0.25) is 0 Å². The lowest BCUT2D eigenvalue weighted by molar-refractivity contribution is -0.121. The van der Waals surface area contributed by atoms with Gasteiger partial charge in [0.1, 0.15) is 12.1 Å². The van der Waals surface area contributed by atoms with Crippen molar-refractivity contribution < 1.29 is 14.6 Å². The standard InChI is InChI=1S/C16H15N5O3/c1-24-15-8-11(6-7-14(15)22)9-17-19-16(23)10-21-13-5-3-2-4-12(13)18-20-21/h2-9,22H,10H2,1H3,(H,19,23)/b17-9-. The number of hydrazone groups is 1. The number of rotatable bonds is 5. The highest BCUT2D eigenvalue weighted by atomic mass is 16.5. The summed E-state index contributed by atoms with van der Waals surface area (Å²) in [6.07, 6.45) is 1.46. The Labute approximate surface area is 137 Å². The van der Waals surface area contributed by atoms with Crippen LogP contribution in [0, 0.1) is 0 Å². The molecule has 0 unspecified atom stereocenters. The Hall–Kier alpha value is -3.42. The van der Waals surface area contributed by atoms with E-state index < -0.39 is 0 Å². The van der Waals surface area contributed by atoms with Crippen molar-refractivity contribution in [2.75, 3.05) is 7.11 Å². The SMILES string of the molecule is COc1cc(/C=N\NC(=O)Cn2nnc3ccccc32)ccc1O. The van der Waals surface area contributed by atoms with Crippen molar-refractivity contribution in [2.24, 2.45) is 5.10 Å². The number of fused-ring (bicyclic) bond motifs is 1. The van der Waals surface area contributed by atoms with Gasteiger partial charge >= 0.3 is 0 Å². The van der Waals surface area contributed by atoms with Gasteiger partial charge in [0.15, 0.2) is 11.5 Å². The second kappa shape index (κ2) is 6.78. The van der Waals surface area contributed by atoms with E-state index in [9.17, 15) is 9.90 Å². The molecule has 0 fully saturated rings. The first-order valence-electron chi connectivity index (χ1n) is 7.14. The molecule has 0 bridgehead atoms. The molecule has 3 rings (SSSR count). The van der Waals surface area contributed by atoms with Crippen molar-refractivity contribution in [3.8, 4) is 11.5 Å². The zero-order chi connectivity index (χ0) is 16.9. The summed E-state index contributed by atoms with van der Waals surface area (Å²) in [5.41, 5.74) is 4.61. The number of aromatic nitrogens is 3. The number of phenols is 1. The molecule has 0 saturated heterocycles. The molecule has 2 aromatic carbocycles. The van der Waals surface area contributed by atoms with Crippen LogP contribution < -0.4 is 10.2 Å². The van der Waals surface area contributed by atoms with Crippen molar-refractivity contribution in [3.63, 3.8) is 0 Å². The van der Waals surface area contributed by atoms with Gasteiger partial charge in [-0.1, -0.05) is 17.3 Å². The van der Waals surface area contributed by atoms with Crippen LogP contribution in [0.5, 0.6) is 11.5 Å². The van der Waals surface area contributed by atoms with Crippen LogP contribution >= 0.6 is 0 Å². The predicted molar refractivity (Wildman–Crippen MR) is 87.9 cm³/mol. The molecule has 2 N–H and O–H groups in total. The fourth-order valence-corrected chi connectivity index (χ4v) is 2.16. The summed E-state index contributed by atoms with van der Waals surface area (Å²) in [7, 11) is 1.46. The molecule has 0 saturated carbocycles. The summed E-state index contributed by atoms with van der Waals surface area (Å²) in [6, 6.07) is 12.1. The van der Waals surface area contributed by atoms with E-state index in [-0.39, 0.29) is 18.2 Å². The molecule has 0 atom stereocenters. The topological polar surface area (TPSA) is 102 Å². The molecule has 8 heteroatoms. The van der Waals surface area contributed by atoms with Crippen LogP contribution in [0.15, 0.2) is 47.6 Å². The lowest BCUT2D eigenvalue weighted by atomic mass is 10.2. The Balaban J connectivity index is 1.63. The third-order valence-electron chi connectivity index (χ3n) is 3.32. The average molecular weight is 325 g/mol. The molecule has 1 aromatic heterocycles. The minimum absolute atomic E-state index is 0.0107. The Kier molecular flexibility index (Phi) is 4.37. The fourth-order valence-electron chi connectivity index (χ4n) is 2.16. The van der Waals surface area contributed by atoms with Crippen molar-refractivity contribution in [2.45, 2.75) is 6.54 Å². The summed E-state index contributed by atoms with van der Waals surface area (Å²) < 4.78 is 6.51. The number of amides is 1. The zero-order valence-corrected chi connectivity index (χ0v) is 12.9. The normalized spacial score (nSPS) is 11.0. The van der Waals surface area contributed by atoms with E-state index in [1.54, 1.807) is 12.1 Å². The van der Waals surface area contributed by atoms with Gasteiger partial charge in [0, 0.05) is 0 Å². The van der Waals surface area contributed by atoms with Crippen LogP contribution in [0.3, 0.4) is 0 Å². The number of hydrogen-bond donors (Lipinski definition) is 2. The Morgan fingerprint density at radius 3 is 3.04 bits per heavy atom.